The van der Waals surface area contributed by atoms with Crippen molar-refractivity contribution in [2.75, 3.05) is 67.3 Å². The minimum atomic E-state index is -0.263. The number of aryl methyl sites for hydroxylation is 1. The molecule has 0 spiro atoms. The standard InChI is InChI=1S/C28H29N3O4/c1-2-19-5-3-4-6-22(19)31-27(32)20-7-9-23(29-11-15-34-16-12-29)26-24(30-13-17-35-18-14-30)10-8-21(25(20)26)28(31)33/h3-10H,2,11-18H2,1H3. The molecule has 3 aromatic carbocycles. The maximum Gasteiger partial charge on any atom is 0.265 e. The summed E-state index contributed by atoms with van der Waals surface area (Å²) in [5.74, 6) is -0.526. The molecule has 180 valence electrons. The summed E-state index contributed by atoms with van der Waals surface area (Å²) >= 11 is 0. The summed E-state index contributed by atoms with van der Waals surface area (Å²) in [6.45, 7) is 7.79. The van der Waals surface area contributed by atoms with Crippen molar-refractivity contribution >= 4 is 39.6 Å². The van der Waals surface area contributed by atoms with Gasteiger partial charge >= 0.3 is 0 Å². The zero-order chi connectivity index (χ0) is 23.9. The number of morpholine rings is 2. The fourth-order valence-electron chi connectivity index (χ4n) is 5.53. The number of imide groups is 1. The summed E-state index contributed by atoms with van der Waals surface area (Å²) in [5.41, 5.74) is 4.90. The van der Waals surface area contributed by atoms with Crippen molar-refractivity contribution in [1.29, 1.82) is 0 Å². The molecule has 0 aliphatic carbocycles. The van der Waals surface area contributed by atoms with Crippen molar-refractivity contribution in [3.8, 4) is 0 Å². The van der Waals surface area contributed by atoms with Crippen LogP contribution in [0, 0.1) is 0 Å². The average molecular weight is 472 g/mol. The Bertz CT molecular complexity index is 1240. The molecule has 7 heteroatoms. The Hall–Kier alpha value is -3.42. The molecule has 3 aliphatic heterocycles. The lowest BCUT2D eigenvalue weighted by atomic mass is 9.90. The van der Waals surface area contributed by atoms with Crippen LogP contribution < -0.4 is 14.7 Å². The number of carbonyl (C=O) groups is 2. The predicted molar refractivity (Wildman–Crippen MR) is 137 cm³/mol. The van der Waals surface area contributed by atoms with E-state index >= 15 is 0 Å². The molecule has 2 saturated heterocycles. The summed E-state index contributed by atoms with van der Waals surface area (Å²) in [6.07, 6.45) is 0.738. The van der Waals surface area contributed by atoms with E-state index in [0.29, 0.717) is 43.2 Å². The third-order valence-electron chi connectivity index (χ3n) is 7.30. The average Bonchev–Trinajstić information content (AvgIpc) is 2.92. The number of hydrogen-bond donors (Lipinski definition) is 0. The van der Waals surface area contributed by atoms with Gasteiger partial charge in [0.2, 0.25) is 0 Å². The molecule has 0 bridgehead atoms. The number of carbonyl (C=O) groups excluding carboxylic acids is 2. The smallest absolute Gasteiger partial charge is 0.265 e. The summed E-state index contributed by atoms with van der Waals surface area (Å²) in [4.78, 5) is 33.8. The molecule has 0 aromatic heterocycles. The number of rotatable bonds is 4. The number of amides is 2. The van der Waals surface area contributed by atoms with Gasteiger partial charge in [-0.2, -0.15) is 0 Å². The third kappa shape index (κ3) is 3.58. The van der Waals surface area contributed by atoms with Crippen LogP contribution in [0.25, 0.3) is 10.8 Å². The van der Waals surface area contributed by atoms with Gasteiger partial charge in [-0.3, -0.25) is 9.59 Å². The van der Waals surface area contributed by atoms with Gasteiger partial charge in [0.25, 0.3) is 11.8 Å². The number of nitrogens with zero attached hydrogens (tertiary/aromatic N) is 3. The first kappa shape index (κ1) is 22.1. The van der Waals surface area contributed by atoms with Crippen LogP contribution in [0.1, 0.15) is 33.2 Å². The molecule has 3 heterocycles. The summed E-state index contributed by atoms with van der Waals surface area (Å²) in [5, 5.41) is 1.74. The number of para-hydroxylation sites is 1. The van der Waals surface area contributed by atoms with Gasteiger partial charge in [0, 0.05) is 59.5 Å². The molecule has 0 radical (unpaired) electrons. The fraction of sp³-hybridized carbons (Fsp3) is 0.357. The van der Waals surface area contributed by atoms with Gasteiger partial charge in [0.1, 0.15) is 0 Å². The van der Waals surface area contributed by atoms with E-state index < -0.39 is 0 Å². The van der Waals surface area contributed by atoms with Crippen LogP contribution in [0.4, 0.5) is 17.1 Å². The molecular formula is C28H29N3O4. The van der Waals surface area contributed by atoms with E-state index in [-0.39, 0.29) is 11.8 Å². The molecule has 3 aliphatic rings. The Kier molecular flexibility index (Phi) is 5.66. The lowest BCUT2D eigenvalue weighted by Gasteiger charge is -2.36. The zero-order valence-electron chi connectivity index (χ0n) is 20.0. The summed E-state index contributed by atoms with van der Waals surface area (Å²) in [6, 6.07) is 15.6. The molecule has 2 amide bonds. The van der Waals surface area contributed by atoms with Crippen molar-refractivity contribution in [1.82, 2.24) is 0 Å². The highest BCUT2D eigenvalue weighted by atomic mass is 16.5. The molecule has 2 fully saturated rings. The van der Waals surface area contributed by atoms with Gasteiger partial charge in [0.15, 0.2) is 0 Å². The SMILES string of the molecule is CCc1ccccc1N1C(=O)c2ccc(N3CCOCC3)c3c(N4CCOCC4)ccc(c23)C1=O. The minimum Gasteiger partial charge on any atom is -0.378 e. The number of benzene rings is 3. The Morgan fingerprint density at radius 3 is 1.69 bits per heavy atom. The van der Waals surface area contributed by atoms with E-state index in [2.05, 4.69) is 9.80 Å². The van der Waals surface area contributed by atoms with Crippen LogP contribution in [0.2, 0.25) is 0 Å². The molecule has 7 nitrogen and oxygen atoms in total. The molecule has 0 saturated carbocycles. The van der Waals surface area contributed by atoms with Crippen LogP contribution in [-0.2, 0) is 15.9 Å². The Morgan fingerprint density at radius 1 is 0.657 bits per heavy atom. The lowest BCUT2D eigenvalue weighted by Crippen LogP contribution is -2.42. The first-order valence-electron chi connectivity index (χ1n) is 12.4. The van der Waals surface area contributed by atoms with E-state index in [1.54, 1.807) is 0 Å². The molecule has 6 rings (SSSR count). The maximum atomic E-state index is 13.9. The van der Waals surface area contributed by atoms with Crippen molar-refractivity contribution in [2.24, 2.45) is 0 Å². The van der Waals surface area contributed by atoms with Gasteiger partial charge < -0.3 is 19.3 Å². The maximum absolute atomic E-state index is 13.9. The second-order valence-electron chi connectivity index (χ2n) is 9.14. The third-order valence-corrected chi connectivity index (χ3v) is 7.30. The first-order valence-corrected chi connectivity index (χ1v) is 12.4. The fourth-order valence-corrected chi connectivity index (χ4v) is 5.53. The van der Waals surface area contributed by atoms with Crippen molar-refractivity contribution < 1.29 is 19.1 Å². The predicted octanol–water partition coefficient (Wildman–Crippen LogP) is 3.88. The van der Waals surface area contributed by atoms with Crippen molar-refractivity contribution in [2.45, 2.75) is 13.3 Å². The van der Waals surface area contributed by atoms with Crippen LogP contribution in [0.5, 0.6) is 0 Å². The quantitative estimate of drug-likeness (QED) is 0.539. The highest BCUT2D eigenvalue weighted by Gasteiger charge is 2.37. The van der Waals surface area contributed by atoms with Crippen LogP contribution in [0.15, 0.2) is 48.5 Å². The van der Waals surface area contributed by atoms with Crippen molar-refractivity contribution in [3.63, 3.8) is 0 Å². The molecule has 0 N–H and O–H groups in total. The minimum absolute atomic E-state index is 0.263. The lowest BCUT2D eigenvalue weighted by molar-refractivity contribution is 0.0893. The van der Waals surface area contributed by atoms with E-state index in [1.165, 1.54) is 4.90 Å². The molecule has 0 atom stereocenters. The molecule has 35 heavy (non-hydrogen) atoms. The molecular weight excluding hydrogens is 442 g/mol. The number of hydrogen-bond acceptors (Lipinski definition) is 6. The van der Waals surface area contributed by atoms with Crippen molar-refractivity contribution in [3.05, 3.63) is 65.2 Å². The van der Waals surface area contributed by atoms with E-state index in [4.69, 9.17) is 9.47 Å². The molecule has 0 unspecified atom stereocenters. The summed E-state index contributed by atoms with van der Waals surface area (Å²) in [7, 11) is 0. The van der Waals surface area contributed by atoms with E-state index in [1.807, 2.05) is 55.5 Å². The van der Waals surface area contributed by atoms with Crippen LogP contribution in [-0.4, -0.2) is 64.4 Å². The second-order valence-corrected chi connectivity index (χ2v) is 9.14. The Balaban J connectivity index is 1.57. The monoisotopic (exact) mass is 471 g/mol. The Labute approximate surface area is 204 Å². The normalized spacial score (nSPS) is 18.5. The van der Waals surface area contributed by atoms with Gasteiger partial charge in [0.05, 0.1) is 32.1 Å². The summed E-state index contributed by atoms with van der Waals surface area (Å²) < 4.78 is 11.2. The van der Waals surface area contributed by atoms with Crippen LogP contribution >= 0.6 is 0 Å². The van der Waals surface area contributed by atoms with Gasteiger partial charge in [-0.25, -0.2) is 4.90 Å². The largest absolute Gasteiger partial charge is 0.378 e. The first-order chi connectivity index (χ1) is 17.2. The topological polar surface area (TPSA) is 62.3 Å². The number of anilines is 3. The van der Waals surface area contributed by atoms with E-state index in [0.717, 1.165) is 60.3 Å². The highest BCUT2D eigenvalue weighted by Crippen LogP contribution is 2.43. The Morgan fingerprint density at radius 2 is 1.17 bits per heavy atom. The highest BCUT2D eigenvalue weighted by molar-refractivity contribution is 6.37. The number of ether oxygens (including phenoxy) is 2. The second kappa shape index (κ2) is 8.98. The zero-order valence-corrected chi connectivity index (χ0v) is 20.0. The van der Waals surface area contributed by atoms with Crippen LogP contribution in [0.3, 0.4) is 0 Å². The van der Waals surface area contributed by atoms with Gasteiger partial charge in [-0.05, 0) is 42.3 Å². The van der Waals surface area contributed by atoms with Gasteiger partial charge in [-0.1, -0.05) is 25.1 Å². The van der Waals surface area contributed by atoms with Gasteiger partial charge in [-0.15, -0.1) is 0 Å². The molecule has 3 aromatic rings. The van der Waals surface area contributed by atoms with E-state index in [9.17, 15) is 9.59 Å².